The Balaban J connectivity index is 2.27. The topological polar surface area (TPSA) is 81.9 Å². The van der Waals surface area contributed by atoms with E-state index in [0.717, 1.165) is 12.8 Å². The van der Waals surface area contributed by atoms with Crippen LogP contribution in [0.2, 0.25) is 0 Å². The molecule has 25 heavy (non-hydrogen) atoms. The van der Waals surface area contributed by atoms with Crippen molar-refractivity contribution in [2.24, 2.45) is 0 Å². The number of rotatable bonds is 7. The fourth-order valence-electron chi connectivity index (χ4n) is 2.55. The van der Waals surface area contributed by atoms with E-state index in [2.05, 4.69) is 35.2 Å². The fraction of sp³-hybridized carbons (Fsp3) is 0.368. The predicted octanol–water partition coefficient (Wildman–Crippen LogP) is 3.66. The molecule has 0 bridgehead atoms. The highest BCUT2D eigenvalue weighted by molar-refractivity contribution is 5.92. The van der Waals surface area contributed by atoms with Crippen molar-refractivity contribution < 1.29 is 4.79 Å². The van der Waals surface area contributed by atoms with Crippen LogP contribution in [0, 0.1) is 18.3 Å². The second kappa shape index (κ2) is 8.78. The van der Waals surface area contributed by atoms with E-state index in [0.29, 0.717) is 41.7 Å². The molecule has 0 spiro atoms. The molecule has 0 saturated carbocycles. The van der Waals surface area contributed by atoms with Crippen LogP contribution in [0.1, 0.15) is 48.4 Å². The Bertz CT molecular complexity index is 776. The molecule has 0 radical (unpaired) electrons. The molecule has 2 aromatic rings. The van der Waals surface area contributed by atoms with Gasteiger partial charge in [-0.25, -0.2) is 9.97 Å². The van der Waals surface area contributed by atoms with Gasteiger partial charge < -0.3 is 10.2 Å². The van der Waals surface area contributed by atoms with Gasteiger partial charge in [0.15, 0.2) is 0 Å². The number of carbonyl (C=O) groups excluding carboxylic acids is 1. The van der Waals surface area contributed by atoms with Crippen molar-refractivity contribution in [2.75, 3.05) is 18.4 Å². The van der Waals surface area contributed by atoms with E-state index in [1.807, 2.05) is 17.9 Å². The van der Waals surface area contributed by atoms with Gasteiger partial charge in [-0.2, -0.15) is 5.26 Å². The van der Waals surface area contributed by atoms with Crippen LogP contribution in [0.15, 0.2) is 30.3 Å². The number of amides is 1. The number of nitrogens with one attached hydrogen (secondary N) is 1. The first-order valence-electron chi connectivity index (χ1n) is 8.49. The Labute approximate surface area is 148 Å². The van der Waals surface area contributed by atoms with Crippen LogP contribution in [0.5, 0.6) is 0 Å². The summed E-state index contributed by atoms with van der Waals surface area (Å²) in [4.78, 5) is 23.3. The number of benzene rings is 1. The van der Waals surface area contributed by atoms with E-state index >= 15 is 0 Å². The first kappa shape index (κ1) is 18.4. The normalized spacial score (nSPS) is 10.2. The molecule has 1 aromatic heterocycles. The number of nitrogens with zero attached hydrogens (tertiary/aromatic N) is 4. The molecule has 1 aromatic carbocycles. The Hall–Kier alpha value is -2.94. The molecule has 1 amide bonds. The van der Waals surface area contributed by atoms with E-state index in [-0.39, 0.29) is 5.91 Å². The SMILES string of the molecule is CCCN(CCC)C(=O)c1cc(C)nc(Nc2cccc(C#N)c2)n1. The van der Waals surface area contributed by atoms with Crippen LogP contribution < -0.4 is 5.32 Å². The van der Waals surface area contributed by atoms with Crippen LogP contribution in [-0.2, 0) is 0 Å². The van der Waals surface area contributed by atoms with Gasteiger partial charge in [-0.15, -0.1) is 0 Å². The predicted molar refractivity (Wildman–Crippen MR) is 97.7 cm³/mol. The van der Waals surface area contributed by atoms with Crippen LogP contribution >= 0.6 is 0 Å². The second-order valence-electron chi connectivity index (χ2n) is 5.83. The van der Waals surface area contributed by atoms with Crippen LogP contribution in [0.4, 0.5) is 11.6 Å². The zero-order chi connectivity index (χ0) is 18.2. The smallest absolute Gasteiger partial charge is 0.272 e. The average Bonchev–Trinajstić information content (AvgIpc) is 2.60. The lowest BCUT2D eigenvalue weighted by atomic mass is 10.2. The summed E-state index contributed by atoms with van der Waals surface area (Å²) in [5, 5.41) is 12.1. The number of anilines is 2. The summed E-state index contributed by atoms with van der Waals surface area (Å²) >= 11 is 0. The van der Waals surface area contributed by atoms with Crippen molar-refractivity contribution in [3.8, 4) is 6.07 Å². The zero-order valence-corrected chi connectivity index (χ0v) is 14.9. The number of hydrogen-bond donors (Lipinski definition) is 1. The molecule has 0 fully saturated rings. The molecule has 1 N–H and O–H groups in total. The van der Waals surface area contributed by atoms with Gasteiger partial charge in [0, 0.05) is 24.5 Å². The van der Waals surface area contributed by atoms with Gasteiger partial charge in [-0.3, -0.25) is 4.79 Å². The molecule has 2 rings (SSSR count). The first-order chi connectivity index (χ1) is 12.1. The lowest BCUT2D eigenvalue weighted by Gasteiger charge is -2.21. The lowest BCUT2D eigenvalue weighted by molar-refractivity contribution is 0.0749. The molecule has 0 aliphatic heterocycles. The minimum atomic E-state index is -0.0805. The summed E-state index contributed by atoms with van der Waals surface area (Å²) in [6, 6.07) is 10.9. The Morgan fingerprint density at radius 2 is 1.92 bits per heavy atom. The van der Waals surface area contributed by atoms with Crippen molar-refractivity contribution in [1.82, 2.24) is 14.9 Å². The van der Waals surface area contributed by atoms with Crippen molar-refractivity contribution in [2.45, 2.75) is 33.6 Å². The maximum Gasteiger partial charge on any atom is 0.272 e. The number of aryl methyl sites for hydroxylation is 1. The molecule has 0 saturated heterocycles. The van der Waals surface area contributed by atoms with E-state index < -0.39 is 0 Å². The Kier molecular flexibility index (Phi) is 6.47. The summed E-state index contributed by atoms with van der Waals surface area (Å²) in [7, 11) is 0. The van der Waals surface area contributed by atoms with E-state index in [1.54, 1.807) is 24.3 Å². The third kappa shape index (κ3) is 5.01. The summed E-state index contributed by atoms with van der Waals surface area (Å²) in [5.41, 5.74) is 2.35. The maximum atomic E-state index is 12.7. The molecule has 0 atom stereocenters. The molecule has 6 heteroatoms. The molecule has 6 nitrogen and oxygen atoms in total. The maximum absolute atomic E-state index is 12.7. The second-order valence-corrected chi connectivity index (χ2v) is 5.83. The lowest BCUT2D eigenvalue weighted by Crippen LogP contribution is -2.33. The third-order valence-electron chi connectivity index (χ3n) is 3.60. The van der Waals surface area contributed by atoms with Crippen molar-refractivity contribution in [3.63, 3.8) is 0 Å². The third-order valence-corrected chi connectivity index (χ3v) is 3.60. The quantitative estimate of drug-likeness (QED) is 0.833. The van der Waals surface area contributed by atoms with E-state index in [9.17, 15) is 4.79 Å². The fourth-order valence-corrected chi connectivity index (χ4v) is 2.55. The van der Waals surface area contributed by atoms with Gasteiger partial charge in [0.05, 0.1) is 11.6 Å². The Morgan fingerprint density at radius 3 is 2.56 bits per heavy atom. The largest absolute Gasteiger partial charge is 0.337 e. The molecule has 1 heterocycles. The Morgan fingerprint density at radius 1 is 1.20 bits per heavy atom. The highest BCUT2D eigenvalue weighted by atomic mass is 16.2. The van der Waals surface area contributed by atoms with Gasteiger partial charge in [0.2, 0.25) is 5.95 Å². The van der Waals surface area contributed by atoms with Gasteiger partial charge in [0.25, 0.3) is 5.91 Å². The zero-order valence-electron chi connectivity index (χ0n) is 14.9. The molecule has 0 aliphatic rings. The minimum Gasteiger partial charge on any atom is -0.337 e. The molecule has 0 unspecified atom stereocenters. The van der Waals surface area contributed by atoms with Gasteiger partial charge in [0.1, 0.15) is 5.69 Å². The molecule has 130 valence electrons. The number of carbonyl (C=O) groups is 1. The average molecular weight is 337 g/mol. The number of aromatic nitrogens is 2. The van der Waals surface area contributed by atoms with Gasteiger partial charge in [-0.05, 0) is 44.0 Å². The molecular formula is C19H23N5O. The summed E-state index contributed by atoms with van der Waals surface area (Å²) in [5.74, 6) is 0.273. The highest BCUT2D eigenvalue weighted by Gasteiger charge is 2.17. The van der Waals surface area contributed by atoms with Crippen molar-refractivity contribution >= 4 is 17.5 Å². The van der Waals surface area contributed by atoms with Gasteiger partial charge >= 0.3 is 0 Å². The monoisotopic (exact) mass is 337 g/mol. The molecule has 0 aliphatic carbocycles. The minimum absolute atomic E-state index is 0.0805. The van der Waals surface area contributed by atoms with Crippen molar-refractivity contribution in [1.29, 1.82) is 5.26 Å². The summed E-state index contributed by atoms with van der Waals surface area (Å²) < 4.78 is 0. The molecular weight excluding hydrogens is 314 g/mol. The number of nitriles is 1. The standard InChI is InChI=1S/C19H23N5O/c1-4-9-24(10-5-2)18(25)17-11-14(3)21-19(23-17)22-16-8-6-7-15(12-16)13-20/h6-8,11-12H,4-5,9-10H2,1-3H3,(H,21,22,23). The van der Waals surface area contributed by atoms with Crippen LogP contribution in [0.3, 0.4) is 0 Å². The van der Waals surface area contributed by atoms with E-state index in [1.165, 1.54) is 0 Å². The first-order valence-corrected chi connectivity index (χ1v) is 8.49. The number of hydrogen-bond acceptors (Lipinski definition) is 5. The summed E-state index contributed by atoms with van der Waals surface area (Å²) in [6.07, 6.45) is 1.81. The van der Waals surface area contributed by atoms with Crippen LogP contribution in [0.25, 0.3) is 0 Å². The summed E-state index contributed by atoms with van der Waals surface area (Å²) in [6.45, 7) is 7.36. The highest BCUT2D eigenvalue weighted by Crippen LogP contribution is 2.16. The van der Waals surface area contributed by atoms with Crippen molar-refractivity contribution in [3.05, 3.63) is 47.3 Å². The van der Waals surface area contributed by atoms with E-state index in [4.69, 9.17) is 5.26 Å². The van der Waals surface area contributed by atoms with Crippen LogP contribution in [-0.4, -0.2) is 33.9 Å². The van der Waals surface area contributed by atoms with Gasteiger partial charge in [-0.1, -0.05) is 19.9 Å².